The monoisotopic (exact) mass is 369 g/mol. The van der Waals surface area contributed by atoms with Crippen molar-refractivity contribution < 1.29 is 9.21 Å². The van der Waals surface area contributed by atoms with Gasteiger partial charge in [-0.3, -0.25) is 4.79 Å². The number of amides is 1. The fraction of sp³-hybridized carbons (Fsp3) is 0. The van der Waals surface area contributed by atoms with Crippen molar-refractivity contribution in [3.05, 3.63) is 77.0 Å². The molecule has 0 aliphatic heterocycles. The standard InChI is InChI=1S/C17H12BrN3O2/c18-13-5-3-12(4-6-13)15(10-14-2-1-9-23-14)17(22)21-16-7-8-19-11-20-16/h1-11H,(H,19,20,21,22)/b15-10+. The fourth-order valence-corrected chi connectivity index (χ4v) is 2.24. The summed E-state index contributed by atoms with van der Waals surface area (Å²) < 4.78 is 6.26. The Kier molecular flexibility index (Phi) is 4.63. The Balaban J connectivity index is 1.95. The highest BCUT2D eigenvalue weighted by Crippen LogP contribution is 2.22. The van der Waals surface area contributed by atoms with Gasteiger partial charge in [-0.2, -0.15) is 0 Å². The summed E-state index contributed by atoms with van der Waals surface area (Å²) in [6.45, 7) is 0. The van der Waals surface area contributed by atoms with Crippen molar-refractivity contribution in [2.24, 2.45) is 0 Å². The molecule has 0 fully saturated rings. The molecule has 0 spiro atoms. The molecule has 2 aromatic heterocycles. The van der Waals surface area contributed by atoms with Crippen molar-refractivity contribution >= 4 is 39.3 Å². The largest absolute Gasteiger partial charge is 0.465 e. The molecular formula is C17H12BrN3O2. The first kappa shape index (κ1) is 15.2. The molecule has 5 nitrogen and oxygen atoms in total. The third-order valence-corrected chi connectivity index (χ3v) is 3.58. The molecule has 2 heterocycles. The van der Waals surface area contributed by atoms with Gasteiger partial charge in [-0.1, -0.05) is 28.1 Å². The Hall–Kier alpha value is -2.73. The fourth-order valence-electron chi connectivity index (χ4n) is 1.97. The molecule has 1 aromatic carbocycles. The van der Waals surface area contributed by atoms with Gasteiger partial charge in [-0.25, -0.2) is 9.97 Å². The molecule has 114 valence electrons. The zero-order chi connectivity index (χ0) is 16.1. The molecule has 1 N–H and O–H groups in total. The van der Waals surface area contributed by atoms with E-state index in [1.165, 1.54) is 6.33 Å². The number of rotatable bonds is 4. The third kappa shape index (κ3) is 3.92. The number of benzene rings is 1. The van der Waals surface area contributed by atoms with E-state index in [-0.39, 0.29) is 5.91 Å². The van der Waals surface area contributed by atoms with Gasteiger partial charge in [0.25, 0.3) is 5.91 Å². The Morgan fingerprint density at radius 3 is 2.65 bits per heavy atom. The van der Waals surface area contributed by atoms with Gasteiger partial charge in [0.15, 0.2) is 0 Å². The van der Waals surface area contributed by atoms with Crippen LogP contribution >= 0.6 is 15.9 Å². The van der Waals surface area contributed by atoms with Crippen molar-refractivity contribution in [2.75, 3.05) is 5.32 Å². The zero-order valence-electron chi connectivity index (χ0n) is 11.9. The molecule has 3 rings (SSSR count). The van der Waals surface area contributed by atoms with Crippen LogP contribution in [0, 0.1) is 0 Å². The molecule has 0 saturated heterocycles. The molecule has 0 aliphatic rings. The molecule has 23 heavy (non-hydrogen) atoms. The lowest BCUT2D eigenvalue weighted by atomic mass is 10.0. The molecule has 0 aliphatic carbocycles. The van der Waals surface area contributed by atoms with E-state index in [0.29, 0.717) is 17.2 Å². The van der Waals surface area contributed by atoms with Crippen LogP contribution in [-0.4, -0.2) is 15.9 Å². The molecule has 0 bridgehead atoms. The zero-order valence-corrected chi connectivity index (χ0v) is 13.5. The first-order valence-corrected chi connectivity index (χ1v) is 7.60. The first-order chi connectivity index (χ1) is 11.2. The SMILES string of the molecule is O=C(Nc1ccncn1)/C(=C/c1ccco1)c1ccc(Br)cc1. The predicted molar refractivity (Wildman–Crippen MR) is 91.4 cm³/mol. The molecular weight excluding hydrogens is 358 g/mol. The van der Waals surface area contributed by atoms with Crippen LogP contribution in [0.1, 0.15) is 11.3 Å². The van der Waals surface area contributed by atoms with Crippen LogP contribution in [0.15, 0.2) is 70.1 Å². The number of hydrogen-bond donors (Lipinski definition) is 1. The third-order valence-electron chi connectivity index (χ3n) is 3.05. The summed E-state index contributed by atoms with van der Waals surface area (Å²) in [6.07, 6.45) is 6.20. The minimum atomic E-state index is -0.276. The van der Waals surface area contributed by atoms with Crippen molar-refractivity contribution in [1.82, 2.24) is 9.97 Å². The second-order valence-corrected chi connectivity index (χ2v) is 5.54. The van der Waals surface area contributed by atoms with Crippen LogP contribution in [0.5, 0.6) is 0 Å². The average Bonchev–Trinajstić information content (AvgIpc) is 3.08. The Labute approximate surface area is 141 Å². The summed E-state index contributed by atoms with van der Waals surface area (Å²) in [5.41, 5.74) is 1.25. The van der Waals surface area contributed by atoms with Crippen LogP contribution in [-0.2, 0) is 4.79 Å². The van der Waals surface area contributed by atoms with Crippen LogP contribution < -0.4 is 5.32 Å². The highest BCUT2D eigenvalue weighted by Gasteiger charge is 2.14. The Morgan fingerprint density at radius 2 is 2.00 bits per heavy atom. The molecule has 0 atom stereocenters. The topological polar surface area (TPSA) is 68.0 Å². The lowest BCUT2D eigenvalue weighted by Gasteiger charge is -2.08. The van der Waals surface area contributed by atoms with Crippen LogP contribution in [0.25, 0.3) is 11.6 Å². The van der Waals surface area contributed by atoms with E-state index in [4.69, 9.17) is 4.42 Å². The quantitative estimate of drug-likeness (QED) is 0.705. The van der Waals surface area contributed by atoms with Crippen molar-refractivity contribution in [1.29, 1.82) is 0 Å². The number of anilines is 1. The first-order valence-electron chi connectivity index (χ1n) is 6.81. The highest BCUT2D eigenvalue weighted by molar-refractivity contribution is 9.10. The van der Waals surface area contributed by atoms with E-state index in [0.717, 1.165) is 10.0 Å². The van der Waals surface area contributed by atoms with Crippen LogP contribution in [0.3, 0.4) is 0 Å². The van der Waals surface area contributed by atoms with Gasteiger partial charge in [-0.05, 0) is 42.0 Å². The van der Waals surface area contributed by atoms with Gasteiger partial charge in [0.1, 0.15) is 17.9 Å². The predicted octanol–water partition coefficient (Wildman–Crippen LogP) is 4.01. The number of aromatic nitrogens is 2. The van der Waals surface area contributed by atoms with Gasteiger partial charge in [0.2, 0.25) is 0 Å². The number of nitrogens with zero attached hydrogens (tertiary/aromatic N) is 2. The maximum absolute atomic E-state index is 12.6. The van der Waals surface area contributed by atoms with E-state index in [9.17, 15) is 4.79 Å². The number of carbonyl (C=O) groups is 1. The second kappa shape index (κ2) is 7.02. The summed E-state index contributed by atoms with van der Waals surface area (Å²) in [5, 5.41) is 2.76. The average molecular weight is 370 g/mol. The molecule has 0 unspecified atom stereocenters. The van der Waals surface area contributed by atoms with Crippen molar-refractivity contribution in [3.8, 4) is 0 Å². The van der Waals surface area contributed by atoms with E-state index in [1.807, 2.05) is 24.3 Å². The van der Waals surface area contributed by atoms with Gasteiger partial charge in [-0.15, -0.1) is 0 Å². The lowest BCUT2D eigenvalue weighted by Crippen LogP contribution is -2.14. The Morgan fingerprint density at radius 1 is 1.17 bits per heavy atom. The molecule has 1 amide bonds. The summed E-state index contributed by atoms with van der Waals surface area (Å²) in [7, 11) is 0. The van der Waals surface area contributed by atoms with E-state index in [2.05, 4.69) is 31.2 Å². The highest BCUT2D eigenvalue weighted by atomic mass is 79.9. The molecule has 0 radical (unpaired) electrons. The van der Waals surface area contributed by atoms with Crippen LogP contribution in [0.2, 0.25) is 0 Å². The van der Waals surface area contributed by atoms with Gasteiger partial charge in [0, 0.05) is 10.7 Å². The Bertz CT molecular complexity index is 813. The number of carbonyl (C=O) groups excluding carboxylic acids is 1. The van der Waals surface area contributed by atoms with E-state index in [1.54, 1.807) is 36.7 Å². The van der Waals surface area contributed by atoms with Gasteiger partial charge in [0.05, 0.1) is 11.8 Å². The normalized spacial score (nSPS) is 11.3. The number of hydrogen-bond acceptors (Lipinski definition) is 4. The van der Waals surface area contributed by atoms with Crippen molar-refractivity contribution in [3.63, 3.8) is 0 Å². The van der Waals surface area contributed by atoms with E-state index < -0.39 is 0 Å². The van der Waals surface area contributed by atoms with Crippen molar-refractivity contribution in [2.45, 2.75) is 0 Å². The number of furan rings is 1. The van der Waals surface area contributed by atoms with E-state index >= 15 is 0 Å². The van der Waals surface area contributed by atoms with Gasteiger partial charge < -0.3 is 9.73 Å². The number of halogens is 1. The number of nitrogens with one attached hydrogen (secondary N) is 1. The minimum absolute atomic E-state index is 0.276. The summed E-state index contributed by atoms with van der Waals surface area (Å²) in [6, 6.07) is 12.7. The maximum Gasteiger partial charge on any atom is 0.257 e. The molecule has 0 saturated carbocycles. The summed E-state index contributed by atoms with van der Waals surface area (Å²) in [5.74, 6) is 0.760. The molecule has 6 heteroatoms. The minimum Gasteiger partial charge on any atom is -0.465 e. The summed E-state index contributed by atoms with van der Waals surface area (Å²) in [4.78, 5) is 20.5. The smallest absolute Gasteiger partial charge is 0.257 e. The molecule has 3 aromatic rings. The maximum atomic E-state index is 12.6. The summed E-state index contributed by atoms with van der Waals surface area (Å²) >= 11 is 3.39. The van der Waals surface area contributed by atoms with Gasteiger partial charge >= 0.3 is 0 Å². The van der Waals surface area contributed by atoms with Crippen LogP contribution in [0.4, 0.5) is 5.82 Å². The second-order valence-electron chi connectivity index (χ2n) is 4.63. The lowest BCUT2D eigenvalue weighted by molar-refractivity contribution is -0.111.